The van der Waals surface area contributed by atoms with Gasteiger partial charge >= 0.3 is 5.69 Å². The zero-order valence-corrected chi connectivity index (χ0v) is 16.3. The number of benzene rings is 1. The molecule has 0 fully saturated rings. The molecule has 0 saturated carbocycles. The average Bonchev–Trinajstić information content (AvgIpc) is 3.06. The molecule has 0 saturated heterocycles. The Hall–Kier alpha value is -3.57. The van der Waals surface area contributed by atoms with Crippen LogP contribution in [0.25, 0.3) is 23.3 Å². The third-order valence-electron chi connectivity index (χ3n) is 4.58. The van der Waals surface area contributed by atoms with Crippen molar-refractivity contribution in [2.75, 3.05) is 13.7 Å². The van der Waals surface area contributed by atoms with Gasteiger partial charge in [-0.3, -0.25) is 9.36 Å². The van der Waals surface area contributed by atoms with Crippen molar-refractivity contribution in [1.82, 2.24) is 18.7 Å². The Morgan fingerprint density at radius 2 is 2.07 bits per heavy atom. The Labute approximate surface area is 167 Å². The Kier molecular flexibility index (Phi) is 6.00. The molecule has 2 aromatic heterocycles. The van der Waals surface area contributed by atoms with Crippen molar-refractivity contribution in [2.24, 2.45) is 7.05 Å². The van der Waals surface area contributed by atoms with Crippen molar-refractivity contribution >= 4 is 23.3 Å². The lowest BCUT2D eigenvalue weighted by Gasteiger charge is -2.09. The van der Waals surface area contributed by atoms with Gasteiger partial charge in [0.25, 0.3) is 5.56 Å². The summed E-state index contributed by atoms with van der Waals surface area (Å²) < 4.78 is 9.25. The smallest absolute Gasteiger partial charge is 0.333 e. The summed E-state index contributed by atoms with van der Waals surface area (Å²) in [7, 11) is 3.31. The SMILES string of the molecule is C#CCn1c(=O)c2c(nc(C=Cc3cccc(OC)c3)n2C)n(CCCO)c1=O. The molecule has 150 valence electrons. The topological polar surface area (TPSA) is 91.3 Å². The van der Waals surface area contributed by atoms with Gasteiger partial charge in [0.05, 0.1) is 13.7 Å². The fourth-order valence-electron chi connectivity index (χ4n) is 3.11. The van der Waals surface area contributed by atoms with Gasteiger partial charge in [0.1, 0.15) is 11.6 Å². The van der Waals surface area contributed by atoms with Crippen LogP contribution in [0.15, 0.2) is 33.9 Å². The molecule has 2 heterocycles. The average molecular weight is 394 g/mol. The maximum absolute atomic E-state index is 12.9. The summed E-state index contributed by atoms with van der Waals surface area (Å²) in [5, 5.41) is 9.17. The fraction of sp³-hybridized carbons (Fsp3) is 0.286. The summed E-state index contributed by atoms with van der Waals surface area (Å²) in [6, 6.07) is 7.51. The highest BCUT2D eigenvalue weighted by Crippen LogP contribution is 2.17. The molecule has 1 N–H and O–H groups in total. The summed E-state index contributed by atoms with van der Waals surface area (Å²) in [6.07, 6.45) is 9.30. The van der Waals surface area contributed by atoms with Crippen molar-refractivity contribution in [1.29, 1.82) is 0 Å². The first-order chi connectivity index (χ1) is 14.0. The molecule has 29 heavy (non-hydrogen) atoms. The normalized spacial score (nSPS) is 11.2. The number of terminal acetylenes is 1. The molecule has 0 amide bonds. The maximum atomic E-state index is 12.9. The minimum Gasteiger partial charge on any atom is -0.497 e. The zero-order valence-electron chi connectivity index (χ0n) is 16.3. The molecule has 8 heteroatoms. The largest absolute Gasteiger partial charge is 0.497 e. The quantitative estimate of drug-likeness (QED) is 0.606. The number of hydrogen-bond acceptors (Lipinski definition) is 5. The van der Waals surface area contributed by atoms with Crippen molar-refractivity contribution in [2.45, 2.75) is 19.5 Å². The standard InChI is InChI=1S/C21H22N4O4/c1-4-11-25-20(27)18-19(24(21(25)28)12-6-13-26)22-17(23(18)2)10-9-15-7-5-8-16(14-15)29-3/h1,5,7-10,14,26H,6,11-13H2,2-3H3. The van der Waals surface area contributed by atoms with Crippen LogP contribution < -0.4 is 16.0 Å². The van der Waals surface area contributed by atoms with Crippen molar-refractivity contribution in [3.8, 4) is 18.1 Å². The Morgan fingerprint density at radius 1 is 1.28 bits per heavy atom. The molecule has 0 aliphatic carbocycles. The third-order valence-corrected chi connectivity index (χ3v) is 4.58. The molecule has 8 nitrogen and oxygen atoms in total. The van der Waals surface area contributed by atoms with Crippen LogP contribution in [0.4, 0.5) is 0 Å². The van der Waals surface area contributed by atoms with E-state index >= 15 is 0 Å². The van der Waals surface area contributed by atoms with E-state index in [4.69, 9.17) is 16.3 Å². The highest BCUT2D eigenvalue weighted by molar-refractivity contribution is 5.76. The molecule has 3 rings (SSSR count). The number of aromatic nitrogens is 4. The molecule has 0 unspecified atom stereocenters. The van der Waals surface area contributed by atoms with E-state index in [0.29, 0.717) is 12.2 Å². The van der Waals surface area contributed by atoms with Gasteiger partial charge in [-0.2, -0.15) is 0 Å². The number of aliphatic hydroxyl groups excluding tert-OH is 1. The molecule has 0 aliphatic rings. The number of fused-ring (bicyclic) bond motifs is 1. The first-order valence-electron chi connectivity index (χ1n) is 9.08. The molecule has 3 aromatic rings. The summed E-state index contributed by atoms with van der Waals surface area (Å²) in [5.41, 5.74) is 0.436. The van der Waals surface area contributed by atoms with Crippen LogP contribution in [0, 0.1) is 12.3 Å². The number of imidazole rings is 1. The fourth-order valence-corrected chi connectivity index (χ4v) is 3.11. The number of methoxy groups -OCH3 is 1. The van der Waals surface area contributed by atoms with Gasteiger partial charge in [0, 0.05) is 20.2 Å². The van der Waals surface area contributed by atoms with Crippen LogP contribution in [0.3, 0.4) is 0 Å². The monoisotopic (exact) mass is 394 g/mol. The molecule has 1 aromatic carbocycles. The summed E-state index contributed by atoms with van der Waals surface area (Å²) in [5.74, 6) is 3.58. The summed E-state index contributed by atoms with van der Waals surface area (Å²) in [4.78, 5) is 30.1. The Bertz CT molecular complexity index is 1220. The lowest BCUT2D eigenvalue weighted by atomic mass is 10.2. The van der Waals surface area contributed by atoms with E-state index in [-0.39, 0.29) is 30.9 Å². The van der Waals surface area contributed by atoms with E-state index in [1.165, 1.54) is 4.57 Å². The number of aliphatic hydroxyl groups is 1. The molecular formula is C21H22N4O4. The van der Waals surface area contributed by atoms with Gasteiger partial charge in [-0.15, -0.1) is 6.42 Å². The second kappa shape index (κ2) is 8.63. The van der Waals surface area contributed by atoms with E-state index in [9.17, 15) is 9.59 Å². The van der Waals surface area contributed by atoms with Gasteiger partial charge in [0.15, 0.2) is 11.2 Å². The van der Waals surface area contributed by atoms with E-state index in [0.717, 1.165) is 15.9 Å². The van der Waals surface area contributed by atoms with Crippen LogP contribution in [-0.2, 0) is 20.1 Å². The van der Waals surface area contributed by atoms with E-state index in [1.54, 1.807) is 24.8 Å². The van der Waals surface area contributed by atoms with Crippen molar-refractivity contribution in [3.63, 3.8) is 0 Å². The second-order valence-corrected chi connectivity index (χ2v) is 6.42. The second-order valence-electron chi connectivity index (χ2n) is 6.42. The first-order valence-corrected chi connectivity index (χ1v) is 9.08. The summed E-state index contributed by atoms with van der Waals surface area (Å²) in [6.45, 7) is 0.0112. The van der Waals surface area contributed by atoms with E-state index < -0.39 is 11.2 Å². The molecule has 0 radical (unpaired) electrons. The first kappa shape index (κ1) is 20.2. The van der Waals surface area contributed by atoms with Crippen LogP contribution in [-0.4, -0.2) is 37.5 Å². The molecule has 0 spiro atoms. The van der Waals surface area contributed by atoms with Gasteiger partial charge in [-0.05, 0) is 30.2 Å². The maximum Gasteiger partial charge on any atom is 0.333 e. The minimum atomic E-state index is -0.532. The Balaban J connectivity index is 2.18. The van der Waals surface area contributed by atoms with Gasteiger partial charge in [-0.25, -0.2) is 14.3 Å². The van der Waals surface area contributed by atoms with Crippen LogP contribution in [0.1, 0.15) is 17.8 Å². The predicted molar refractivity (Wildman–Crippen MR) is 112 cm³/mol. The van der Waals surface area contributed by atoms with Crippen molar-refractivity contribution < 1.29 is 9.84 Å². The molecule has 0 bridgehead atoms. The zero-order chi connectivity index (χ0) is 21.0. The van der Waals surface area contributed by atoms with Gasteiger partial charge in [0.2, 0.25) is 0 Å². The number of hydrogen-bond donors (Lipinski definition) is 1. The highest BCUT2D eigenvalue weighted by Gasteiger charge is 2.18. The predicted octanol–water partition coefficient (Wildman–Crippen LogP) is 1.09. The third kappa shape index (κ3) is 3.86. The van der Waals surface area contributed by atoms with Crippen molar-refractivity contribution in [3.05, 3.63) is 56.5 Å². The number of ether oxygens (including phenoxy) is 1. The van der Waals surface area contributed by atoms with Crippen LogP contribution in [0.2, 0.25) is 0 Å². The molecular weight excluding hydrogens is 372 g/mol. The number of rotatable bonds is 7. The molecule has 0 aliphatic heterocycles. The lowest BCUT2D eigenvalue weighted by molar-refractivity contribution is 0.279. The summed E-state index contributed by atoms with van der Waals surface area (Å²) >= 11 is 0. The van der Waals surface area contributed by atoms with Crippen LogP contribution >= 0.6 is 0 Å². The van der Waals surface area contributed by atoms with Gasteiger partial charge in [-0.1, -0.05) is 24.1 Å². The Morgan fingerprint density at radius 3 is 2.76 bits per heavy atom. The van der Waals surface area contributed by atoms with Crippen LogP contribution in [0.5, 0.6) is 5.75 Å². The number of aryl methyl sites for hydroxylation is 2. The van der Waals surface area contributed by atoms with Gasteiger partial charge < -0.3 is 14.4 Å². The number of nitrogens with zero attached hydrogens (tertiary/aromatic N) is 4. The minimum absolute atomic E-state index is 0.0857. The highest BCUT2D eigenvalue weighted by atomic mass is 16.5. The van der Waals surface area contributed by atoms with E-state index in [2.05, 4.69) is 10.9 Å². The van der Waals surface area contributed by atoms with E-state index in [1.807, 2.05) is 30.3 Å². The lowest BCUT2D eigenvalue weighted by Crippen LogP contribution is -2.40. The molecule has 0 atom stereocenters.